The molecule has 3 rings (SSSR count). The first-order valence-corrected chi connectivity index (χ1v) is 9.62. The van der Waals surface area contributed by atoms with Crippen LogP contribution in [-0.4, -0.2) is 40.2 Å². The molecule has 1 aromatic heterocycles. The quantitative estimate of drug-likeness (QED) is 0.409. The van der Waals surface area contributed by atoms with Gasteiger partial charge in [-0.2, -0.15) is 0 Å². The minimum absolute atomic E-state index is 0.0564. The lowest BCUT2D eigenvalue weighted by molar-refractivity contribution is -0.139. The second-order valence-corrected chi connectivity index (χ2v) is 7.24. The second kappa shape index (κ2) is 9.42. The smallest absolute Gasteiger partial charge is 0.318 e. The van der Waals surface area contributed by atoms with Crippen LogP contribution in [0.4, 0.5) is 4.39 Å². The Hall–Kier alpha value is -3.07. The molecular formula is C20H20FN3O4S. The van der Waals surface area contributed by atoms with Gasteiger partial charge in [0, 0.05) is 0 Å². The fourth-order valence-electron chi connectivity index (χ4n) is 2.54. The summed E-state index contributed by atoms with van der Waals surface area (Å²) in [7, 11) is 2.90. The maximum Gasteiger partial charge on any atom is 0.318 e. The number of nitrogens with zero attached hydrogens (tertiary/aromatic N) is 3. The molecule has 0 amide bonds. The van der Waals surface area contributed by atoms with E-state index in [0.717, 1.165) is 11.8 Å². The van der Waals surface area contributed by atoms with E-state index in [9.17, 15) is 9.18 Å². The van der Waals surface area contributed by atoms with E-state index >= 15 is 0 Å². The van der Waals surface area contributed by atoms with Crippen LogP contribution < -0.4 is 9.47 Å². The molecule has 0 bridgehead atoms. The van der Waals surface area contributed by atoms with Gasteiger partial charge in [0.05, 0.1) is 19.9 Å². The van der Waals surface area contributed by atoms with Crippen LogP contribution >= 0.6 is 11.8 Å². The molecular weight excluding hydrogens is 397 g/mol. The first kappa shape index (κ1) is 20.7. The van der Waals surface area contributed by atoms with Crippen molar-refractivity contribution in [2.45, 2.75) is 23.9 Å². The molecule has 9 heteroatoms. The van der Waals surface area contributed by atoms with Crippen molar-refractivity contribution in [3.63, 3.8) is 0 Å². The predicted octanol–water partition coefficient (Wildman–Crippen LogP) is 3.65. The Bertz CT molecular complexity index is 978. The number of hydrogen-bond donors (Lipinski definition) is 0. The zero-order valence-electron chi connectivity index (χ0n) is 16.2. The zero-order chi connectivity index (χ0) is 20.8. The lowest BCUT2D eigenvalue weighted by Gasteiger charge is -2.13. The van der Waals surface area contributed by atoms with Gasteiger partial charge >= 0.3 is 5.97 Å². The Morgan fingerprint density at radius 3 is 2.45 bits per heavy atom. The van der Waals surface area contributed by atoms with E-state index < -0.39 is 17.0 Å². The van der Waals surface area contributed by atoms with Gasteiger partial charge in [-0.3, -0.25) is 9.36 Å². The van der Waals surface area contributed by atoms with Crippen LogP contribution in [0.5, 0.6) is 11.5 Å². The Balaban J connectivity index is 1.89. The van der Waals surface area contributed by atoms with E-state index in [4.69, 9.17) is 14.2 Å². The fourth-order valence-corrected chi connectivity index (χ4v) is 3.44. The SMILES string of the molecule is COC(=O)[C@@H](C)Sc1nnc(COc2ccc(OC)cc2)n1-c1ccccc1F. The number of para-hydroxylation sites is 1. The van der Waals surface area contributed by atoms with Gasteiger partial charge in [0.15, 0.2) is 11.0 Å². The number of hydrogen-bond acceptors (Lipinski definition) is 7. The monoisotopic (exact) mass is 417 g/mol. The summed E-state index contributed by atoms with van der Waals surface area (Å²) in [5.41, 5.74) is 0.269. The van der Waals surface area contributed by atoms with E-state index in [0.29, 0.717) is 22.5 Å². The summed E-state index contributed by atoms with van der Waals surface area (Å²) in [5.74, 6) is 0.860. The summed E-state index contributed by atoms with van der Waals surface area (Å²) in [4.78, 5) is 11.8. The van der Waals surface area contributed by atoms with Crippen molar-refractivity contribution in [1.29, 1.82) is 0 Å². The highest BCUT2D eigenvalue weighted by Crippen LogP contribution is 2.28. The topological polar surface area (TPSA) is 75.5 Å². The molecule has 29 heavy (non-hydrogen) atoms. The molecule has 0 fully saturated rings. The molecule has 0 aliphatic rings. The maximum absolute atomic E-state index is 14.5. The van der Waals surface area contributed by atoms with Gasteiger partial charge in [0.2, 0.25) is 0 Å². The van der Waals surface area contributed by atoms with Crippen LogP contribution in [0.15, 0.2) is 53.7 Å². The average Bonchev–Trinajstić information content (AvgIpc) is 3.14. The number of esters is 1. The molecule has 0 N–H and O–H groups in total. The number of aromatic nitrogens is 3. The minimum Gasteiger partial charge on any atom is -0.497 e. The molecule has 0 spiro atoms. The normalized spacial score (nSPS) is 11.7. The molecule has 0 saturated heterocycles. The third kappa shape index (κ3) is 4.86. The molecule has 7 nitrogen and oxygen atoms in total. The number of halogens is 1. The lowest BCUT2D eigenvalue weighted by Crippen LogP contribution is -2.16. The van der Waals surface area contributed by atoms with Crippen molar-refractivity contribution in [3.05, 3.63) is 60.2 Å². The van der Waals surface area contributed by atoms with Gasteiger partial charge in [-0.1, -0.05) is 23.9 Å². The Morgan fingerprint density at radius 1 is 1.10 bits per heavy atom. The van der Waals surface area contributed by atoms with E-state index in [1.165, 1.54) is 13.2 Å². The van der Waals surface area contributed by atoms with Crippen LogP contribution in [0.1, 0.15) is 12.7 Å². The van der Waals surface area contributed by atoms with E-state index in [1.54, 1.807) is 61.1 Å². The summed E-state index contributed by atoms with van der Waals surface area (Å²) in [6, 6.07) is 13.3. The van der Waals surface area contributed by atoms with Gasteiger partial charge in [0.1, 0.15) is 29.2 Å². The van der Waals surface area contributed by atoms with Crippen molar-refractivity contribution >= 4 is 17.7 Å². The van der Waals surface area contributed by atoms with Crippen molar-refractivity contribution in [1.82, 2.24) is 14.8 Å². The highest BCUT2D eigenvalue weighted by atomic mass is 32.2. The van der Waals surface area contributed by atoms with E-state index in [1.807, 2.05) is 0 Å². The number of rotatable bonds is 8. The minimum atomic E-state index is -0.537. The lowest BCUT2D eigenvalue weighted by atomic mass is 10.3. The van der Waals surface area contributed by atoms with Crippen molar-refractivity contribution in [3.8, 4) is 17.2 Å². The zero-order valence-corrected chi connectivity index (χ0v) is 17.0. The van der Waals surface area contributed by atoms with E-state index in [-0.39, 0.29) is 12.3 Å². The second-order valence-electron chi connectivity index (χ2n) is 5.93. The number of benzene rings is 2. The van der Waals surface area contributed by atoms with Crippen molar-refractivity contribution in [2.24, 2.45) is 0 Å². The van der Waals surface area contributed by atoms with Gasteiger partial charge in [-0.25, -0.2) is 4.39 Å². The predicted molar refractivity (Wildman–Crippen MR) is 106 cm³/mol. The molecule has 152 valence electrons. The van der Waals surface area contributed by atoms with Gasteiger partial charge < -0.3 is 14.2 Å². The van der Waals surface area contributed by atoms with E-state index in [2.05, 4.69) is 10.2 Å². The van der Waals surface area contributed by atoms with Crippen LogP contribution in [0.25, 0.3) is 5.69 Å². The molecule has 0 saturated carbocycles. The Labute approximate surface area is 171 Å². The molecule has 3 aromatic rings. The molecule has 0 radical (unpaired) electrons. The molecule has 0 aliphatic carbocycles. The number of methoxy groups -OCH3 is 2. The van der Waals surface area contributed by atoms with Crippen molar-refractivity contribution < 1.29 is 23.4 Å². The summed E-state index contributed by atoms with van der Waals surface area (Å²) < 4.78 is 31.7. The third-order valence-corrected chi connectivity index (χ3v) is 5.06. The summed E-state index contributed by atoms with van der Waals surface area (Å²) >= 11 is 1.13. The third-order valence-electron chi connectivity index (χ3n) is 4.04. The first-order valence-electron chi connectivity index (χ1n) is 8.74. The summed E-state index contributed by atoms with van der Waals surface area (Å²) in [6.45, 7) is 1.74. The van der Waals surface area contributed by atoms with Crippen molar-refractivity contribution in [2.75, 3.05) is 14.2 Å². The summed E-state index contributed by atoms with van der Waals surface area (Å²) in [6.07, 6.45) is 0. The largest absolute Gasteiger partial charge is 0.497 e. The maximum atomic E-state index is 14.5. The Morgan fingerprint density at radius 2 is 1.79 bits per heavy atom. The van der Waals surface area contributed by atoms with Crippen LogP contribution in [-0.2, 0) is 16.1 Å². The highest BCUT2D eigenvalue weighted by molar-refractivity contribution is 8.00. The molecule has 1 atom stereocenters. The van der Waals surface area contributed by atoms with Crippen LogP contribution in [0.2, 0.25) is 0 Å². The number of ether oxygens (including phenoxy) is 3. The first-order chi connectivity index (χ1) is 14.0. The van der Waals surface area contributed by atoms with Gasteiger partial charge in [0.25, 0.3) is 0 Å². The number of carbonyl (C=O) groups excluding carboxylic acids is 1. The summed E-state index contributed by atoms with van der Waals surface area (Å²) in [5, 5.41) is 8.10. The molecule has 0 aliphatic heterocycles. The molecule has 1 heterocycles. The standard InChI is InChI=1S/C20H20FN3O4S/c1-13(19(25)27-3)29-20-23-22-18(24(20)17-7-5-4-6-16(17)21)12-28-15-10-8-14(26-2)9-11-15/h4-11,13H,12H2,1-3H3/t13-/m1/s1. The Kier molecular flexibility index (Phi) is 6.71. The van der Waals surface area contributed by atoms with Crippen LogP contribution in [0, 0.1) is 5.82 Å². The average molecular weight is 417 g/mol. The molecule has 0 unspecified atom stereocenters. The number of thioether (sulfide) groups is 1. The highest BCUT2D eigenvalue weighted by Gasteiger charge is 2.23. The fraction of sp³-hybridized carbons (Fsp3) is 0.250. The van der Waals surface area contributed by atoms with Gasteiger partial charge in [-0.15, -0.1) is 10.2 Å². The number of carbonyl (C=O) groups is 1. The van der Waals surface area contributed by atoms with Gasteiger partial charge in [-0.05, 0) is 43.3 Å². The van der Waals surface area contributed by atoms with Crippen LogP contribution in [0.3, 0.4) is 0 Å². The molecule has 2 aromatic carbocycles.